The van der Waals surface area contributed by atoms with Crippen LogP contribution in [0.2, 0.25) is 0 Å². The lowest BCUT2D eigenvalue weighted by molar-refractivity contribution is 1.06. The molecule has 0 aliphatic heterocycles. The minimum absolute atomic E-state index is 0.371. The number of aliphatic imine (C=N–C) groups is 1. The van der Waals surface area contributed by atoms with Gasteiger partial charge in [0.2, 0.25) is 0 Å². The molecule has 112 valence electrons. The molecule has 0 aliphatic rings. The van der Waals surface area contributed by atoms with Crippen LogP contribution >= 0.6 is 11.3 Å². The van der Waals surface area contributed by atoms with Crippen molar-refractivity contribution in [3.63, 3.8) is 0 Å². The third-order valence-corrected chi connectivity index (χ3v) is 4.00. The molecular formula is C16H17N5S. The summed E-state index contributed by atoms with van der Waals surface area (Å²) in [5.74, 6) is 0.371. The minimum Gasteiger partial charge on any atom is -0.370 e. The van der Waals surface area contributed by atoms with Gasteiger partial charge in [-0.25, -0.2) is 9.98 Å². The largest absolute Gasteiger partial charge is 0.370 e. The Balaban J connectivity index is 1.66. The predicted molar refractivity (Wildman–Crippen MR) is 92.0 cm³/mol. The van der Waals surface area contributed by atoms with E-state index in [2.05, 4.69) is 20.3 Å². The van der Waals surface area contributed by atoms with Gasteiger partial charge in [-0.1, -0.05) is 30.3 Å². The fourth-order valence-corrected chi connectivity index (χ4v) is 2.81. The van der Waals surface area contributed by atoms with Crippen molar-refractivity contribution in [2.75, 3.05) is 5.32 Å². The summed E-state index contributed by atoms with van der Waals surface area (Å²) < 4.78 is 0. The summed E-state index contributed by atoms with van der Waals surface area (Å²) in [5.41, 5.74) is 10.2. The van der Waals surface area contributed by atoms with Gasteiger partial charge in [0.25, 0.3) is 0 Å². The van der Waals surface area contributed by atoms with Crippen LogP contribution in [0.4, 0.5) is 5.13 Å². The molecule has 0 spiro atoms. The second kappa shape index (κ2) is 6.44. The molecule has 2 aromatic heterocycles. The minimum atomic E-state index is 0.371. The summed E-state index contributed by atoms with van der Waals surface area (Å²) in [7, 11) is 0. The van der Waals surface area contributed by atoms with Crippen molar-refractivity contribution >= 4 is 22.4 Å². The second-order valence-corrected chi connectivity index (χ2v) is 5.72. The smallest absolute Gasteiger partial charge is 0.195 e. The van der Waals surface area contributed by atoms with Crippen molar-refractivity contribution in [1.29, 1.82) is 0 Å². The maximum atomic E-state index is 5.91. The number of hydrogen-bond acceptors (Lipinski definition) is 3. The van der Waals surface area contributed by atoms with E-state index in [1.807, 2.05) is 54.9 Å². The van der Waals surface area contributed by atoms with E-state index >= 15 is 0 Å². The summed E-state index contributed by atoms with van der Waals surface area (Å²) in [6, 6.07) is 12.0. The lowest BCUT2D eigenvalue weighted by Gasteiger charge is -2.02. The van der Waals surface area contributed by atoms with Gasteiger partial charge >= 0.3 is 0 Å². The molecule has 0 bridgehead atoms. The fraction of sp³-hybridized carbons (Fsp3) is 0.125. The van der Waals surface area contributed by atoms with Crippen molar-refractivity contribution < 1.29 is 0 Å². The van der Waals surface area contributed by atoms with Gasteiger partial charge in [-0.2, -0.15) is 0 Å². The third-order valence-electron chi connectivity index (χ3n) is 3.24. The lowest BCUT2D eigenvalue weighted by Crippen LogP contribution is -2.22. The van der Waals surface area contributed by atoms with Crippen LogP contribution in [0.1, 0.15) is 11.3 Å². The molecule has 4 N–H and O–H groups in total. The van der Waals surface area contributed by atoms with E-state index in [0.717, 1.165) is 27.6 Å². The predicted octanol–water partition coefficient (Wildman–Crippen LogP) is 3.37. The molecule has 0 atom stereocenters. The van der Waals surface area contributed by atoms with Crippen LogP contribution in [0.3, 0.4) is 0 Å². The van der Waals surface area contributed by atoms with E-state index < -0.39 is 0 Å². The number of rotatable bonds is 4. The maximum Gasteiger partial charge on any atom is 0.195 e. The zero-order valence-electron chi connectivity index (χ0n) is 12.2. The van der Waals surface area contributed by atoms with Gasteiger partial charge in [0.05, 0.1) is 12.2 Å². The average molecular weight is 311 g/mol. The van der Waals surface area contributed by atoms with E-state index in [0.29, 0.717) is 12.5 Å². The standard InChI is InChI=1S/C16H17N5S/c1-11-13(7-8-18-11)14-10-22-16(20-14)21-15(17)19-9-12-5-3-2-4-6-12/h2-8,10,18H,9H2,1H3,(H3,17,19,20,21). The summed E-state index contributed by atoms with van der Waals surface area (Å²) in [6.07, 6.45) is 1.91. The number of guanidine groups is 1. The molecule has 0 aliphatic carbocycles. The van der Waals surface area contributed by atoms with Crippen molar-refractivity contribution in [2.24, 2.45) is 10.7 Å². The number of hydrogen-bond donors (Lipinski definition) is 3. The van der Waals surface area contributed by atoms with Gasteiger partial charge in [-0.15, -0.1) is 11.3 Å². The van der Waals surface area contributed by atoms with Crippen LogP contribution in [0.15, 0.2) is 53.0 Å². The highest BCUT2D eigenvalue weighted by Gasteiger charge is 2.08. The van der Waals surface area contributed by atoms with Crippen LogP contribution in [0, 0.1) is 6.92 Å². The zero-order valence-corrected chi connectivity index (χ0v) is 13.0. The van der Waals surface area contributed by atoms with E-state index in [4.69, 9.17) is 5.73 Å². The second-order valence-electron chi connectivity index (χ2n) is 4.87. The Morgan fingerprint density at radius 3 is 2.86 bits per heavy atom. The van der Waals surface area contributed by atoms with E-state index in [1.165, 1.54) is 11.3 Å². The van der Waals surface area contributed by atoms with Crippen LogP contribution in [-0.2, 0) is 6.54 Å². The van der Waals surface area contributed by atoms with Crippen LogP contribution in [0.5, 0.6) is 0 Å². The first kappa shape index (κ1) is 14.3. The van der Waals surface area contributed by atoms with Crippen LogP contribution < -0.4 is 11.1 Å². The first-order valence-electron chi connectivity index (χ1n) is 6.93. The molecule has 5 nitrogen and oxygen atoms in total. The summed E-state index contributed by atoms with van der Waals surface area (Å²) in [5, 5.41) is 5.78. The highest BCUT2D eigenvalue weighted by molar-refractivity contribution is 7.14. The third kappa shape index (κ3) is 3.35. The molecule has 0 saturated carbocycles. The van der Waals surface area contributed by atoms with E-state index in [9.17, 15) is 0 Å². The Morgan fingerprint density at radius 2 is 2.14 bits per heavy atom. The SMILES string of the molecule is Cc1[nH]ccc1-c1csc(NC(N)=NCc2ccccc2)n1. The highest BCUT2D eigenvalue weighted by Crippen LogP contribution is 2.26. The van der Waals surface area contributed by atoms with Gasteiger partial charge in [0.1, 0.15) is 0 Å². The molecular weight excluding hydrogens is 294 g/mol. The number of aromatic nitrogens is 2. The first-order chi connectivity index (χ1) is 10.7. The molecule has 1 aromatic carbocycles. The summed E-state index contributed by atoms with van der Waals surface area (Å²) >= 11 is 1.51. The van der Waals surface area contributed by atoms with Gasteiger partial charge in [-0.3, -0.25) is 0 Å². The normalized spacial score (nSPS) is 11.6. The fourth-order valence-electron chi connectivity index (χ4n) is 2.09. The Morgan fingerprint density at radius 1 is 1.32 bits per heavy atom. The van der Waals surface area contributed by atoms with Crippen LogP contribution in [-0.4, -0.2) is 15.9 Å². The Bertz CT molecular complexity index is 773. The lowest BCUT2D eigenvalue weighted by atomic mass is 10.2. The van der Waals surface area contributed by atoms with E-state index in [-0.39, 0.29) is 0 Å². The number of aryl methyl sites for hydroxylation is 1. The molecule has 0 radical (unpaired) electrons. The molecule has 22 heavy (non-hydrogen) atoms. The molecule has 6 heteroatoms. The molecule has 3 rings (SSSR count). The monoisotopic (exact) mass is 311 g/mol. The highest BCUT2D eigenvalue weighted by atomic mass is 32.1. The molecule has 0 fully saturated rings. The van der Waals surface area contributed by atoms with Gasteiger partial charge in [-0.05, 0) is 18.6 Å². The number of nitrogens with two attached hydrogens (primary N) is 1. The first-order valence-corrected chi connectivity index (χ1v) is 7.81. The maximum absolute atomic E-state index is 5.91. The number of anilines is 1. The van der Waals surface area contributed by atoms with Crippen LogP contribution in [0.25, 0.3) is 11.3 Å². The Hall–Kier alpha value is -2.60. The van der Waals surface area contributed by atoms with Gasteiger partial charge in [0.15, 0.2) is 11.1 Å². The number of aromatic amines is 1. The molecule has 0 amide bonds. The Labute approximate surface area is 132 Å². The number of thiazole rings is 1. The number of nitrogens with zero attached hydrogens (tertiary/aromatic N) is 2. The van der Waals surface area contributed by atoms with Crippen molar-refractivity contribution in [1.82, 2.24) is 9.97 Å². The zero-order chi connectivity index (χ0) is 15.4. The summed E-state index contributed by atoms with van der Waals surface area (Å²) in [6.45, 7) is 2.58. The van der Waals surface area contributed by atoms with E-state index in [1.54, 1.807) is 0 Å². The Kier molecular flexibility index (Phi) is 4.20. The quantitative estimate of drug-likeness (QED) is 0.510. The average Bonchev–Trinajstić information content (AvgIpc) is 3.15. The van der Waals surface area contributed by atoms with Crippen molar-refractivity contribution in [3.8, 4) is 11.3 Å². The van der Waals surface area contributed by atoms with Crippen molar-refractivity contribution in [2.45, 2.75) is 13.5 Å². The van der Waals surface area contributed by atoms with Gasteiger partial charge in [0, 0.05) is 22.8 Å². The number of nitrogens with one attached hydrogen (secondary N) is 2. The van der Waals surface area contributed by atoms with Crippen molar-refractivity contribution in [3.05, 3.63) is 59.2 Å². The summed E-state index contributed by atoms with van der Waals surface area (Å²) in [4.78, 5) is 12.0. The molecule has 0 saturated heterocycles. The topological polar surface area (TPSA) is 79.1 Å². The molecule has 3 aromatic rings. The number of H-pyrrole nitrogens is 1. The molecule has 0 unspecified atom stereocenters. The molecule has 2 heterocycles. The van der Waals surface area contributed by atoms with Gasteiger partial charge < -0.3 is 16.0 Å². The number of benzene rings is 1.